The summed E-state index contributed by atoms with van der Waals surface area (Å²) in [6.07, 6.45) is 1.72. The maximum Gasteiger partial charge on any atom is 0.162 e. The molecule has 0 radical (unpaired) electrons. The number of aryl methyl sites for hydroxylation is 1. The van der Waals surface area contributed by atoms with Crippen LogP contribution in [0.3, 0.4) is 0 Å². The van der Waals surface area contributed by atoms with E-state index in [0.717, 1.165) is 42.0 Å². The van der Waals surface area contributed by atoms with Crippen molar-refractivity contribution in [3.8, 4) is 0 Å². The maximum absolute atomic E-state index is 5.94. The van der Waals surface area contributed by atoms with Gasteiger partial charge in [-0.2, -0.15) is 5.10 Å². The SMILES string of the molecule is CCc1nnc(N(CC)C(C)C)c(C(N)=S)c1CC. The van der Waals surface area contributed by atoms with Crippen molar-refractivity contribution in [2.24, 2.45) is 5.73 Å². The van der Waals surface area contributed by atoms with Gasteiger partial charge in [-0.3, -0.25) is 0 Å². The second kappa shape index (κ2) is 6.80. The summed E-state index contributed by atoms with van der Waals surface area (Å²) >= 11 is 5.25. The first-order valence-electron chi connectivity index (χ1n) is 6.92. The lowest BCUT2D eigenvalue weighted by atomic mass is 10.0. The minimum Gasteiger partial charge on any atom is -0.389 e. The number of nitrogens with two attached hydrogens (primary N) is 1. The molecule has 0 saturated carbocycles. The van der Waals surface area contributed by atoms with Crippen LogP contribution < -0.4 is 10.6 Å². The summed E-state index contributed by atoms with van der Waals surface area (Å²) in [5.41, 5.74) is 8.98. The fourth-order valence-corrected chi connectivity index (χ4v) is 2.60. The van der Waals surface area contributed by atoms with Crippen LogP contribution in [0, 0.1) is 0 Å². The van der Waals surface area contributed by atoms with Gasteiger partial charge >= 0.3 is 0 Å². The number of thiocarbonyl (C=S) groups is 1. The summed E-state index contributed by atoms with van der Waals surface area (Å²) in [4.78, 5) is 2.59. The summed E-state index contributed by atoms with van der Waals surface area (Å²) in [7, 11) is 0. The topological polar surface area (TPSA) is 55.0 Å². The summed E-state index contributed by atoms with van der Waals surface area (Å²) in [6, 6.07) is 0.338. The lowest BCUT2D eigenvalue weighted by molar-refractivity contribution is 0.680. The van der Waals surface area contributed by atoms with Crippen molar-refractivity contribution in [3.63, 3.8) is 0 Å². The normalized spacial score (nSPS) is 10.8. The van der Waals surface area contributed by atoms with Crippen molar-refractivity contribution in [3.05, 3.63) is 16.8 Å². The monoisotopic (exact) mass is 280 g/mol. The minimum atomic E-state index is 0.338. The van der Waals surface area contributed by atoms with E-state index in [1.54, 1.807) is 0 Å². The highest BCUT2D eigenvalue weighted by molar-refractivity contribution is 7.80. The second-order valence-corrected chi connectivity index (χ2v) is 5.21. The number of aromatic nitrogens is 2. The van der Waals surface area contributed by atoms with Crippen LogP contribution in [0.25, 0.3) is 0 Å². The van der Waals surface area contributed by atoms with Crippen LogP contribution in [0.5, 0.6) is 0 Å². The Bertz CT molecular complexity index is 457. The molecule has 0 aliphatic rings. The Morgan fingerprint density at radius 2 is 1.84 bits per heavy atom. The van der Waals surface area contributed by atoms with E-state index < -0.39 is 0 Å². The van der Waals surface area contributed by atoms with Gasteiger partial charge in [0.2, 0.25) is 0 Å². The molecule has 0 aliphatic carbocycles. The van der Waals surface area contributed by atoms with Gasteiger partial charge in [-0.25, -0.2) is 0 Å². The van der Waals surface area contributed by atoms with Gasteiger partial charge in [-0.15, -0.1) is 5.10 Å². The molecule has 1 aromatic rings. The lowest BCUT2D eigenvalue weighted by Gasteiger charge is -2.29. The molecule has 0 saturated heterocycles. The highest BCUT2D eigenvalue weighted by Crippen LogP contribution is 2.25. The van der Waals surface area contributed by atoms with Crippen LogP contribution in [0.4, 0.5) is 5.82 Å². The molecule has 0 amide bonds. The molecular weight excluding hydrogens is 256 g/mol. The highest BCUT2D eigenvalue weighted by Gasteiger charge is 2.21. The first kappa shape index (κ1) is 15.8. The molecule has 106 valence electrons. The van der Waals surface area contributed by atoms with Crippen molar-refractivity contribution < 1.29 is 0 Å². The number of nitrogens with zero attached hydrogens (tertiary/aromatic N) is 3. The van der Waals surface area contributed by atoms with E-state index in [2.05, 4.69) is 49.7 Å². The molecular formula is C14H24N4S. The van der Waals surface area contributed by atoms with E-state index in [9.17, 15) is 0 Å². The van der Waals surface area contributed by atoms with Gasteiger partial charge in [0, 0.05) is 12.6 Å². The summed E-state index contributed by atoms with van der Waals surface area (Å²) < 4.78 is 0. The molecule has 0 aromatic carbocycles. The molecule has 0 unspecified atom stereocenters. The van der Waals surface area contributed by atoms with Gasteiger partial charge in [0.1, 0.15) is 4.99 Å². The number of hydrogen-bond acceptors (Lipinski definition) is 4. The third-order valence-electron chi connectivity index (χ3n) is 3.31. The summed E-state index contributed by atoms with van der Waals surface area (Å²) in [5.74, 6) is 0.819. The van der Waals surface area contributed by atoms with Crippen molar-refractivity contribution >= 4 is 23.0 Å². The predicted octanol–water partition coefficient (Wildman–Crippen LogP) is 2.47. The second-order valence-electron chi connectivity index (χ2n) is 4.77. The standard InChI is InChI=1S/C14H24N4S/c1-6-10-11(7-2)16-17-14(12(10)13(15)19)18(8-3)9(4)5/h9H,6-8H2,1-5H3,(H2,15,19). The fraction of sp³-hybridized carbons (Fsp3) is 0.643. The van der Waals surface area contributed by atoms with Gasteiger partial charge in [-0.05, 0) is 39.2 Å². The van der Waals surface area contributed by atoms with Gasteiger partial charge in [-0.1, -0.05) is 26.1 Å². The Hall–Kier alpha value is -1.23. The van der Waals surface area contributed by atoms with E-state index in [-0.39, 0.29) is 0 Å². The molecule has 1 aromatic heterocycles. The largest absolute Gasteiger partial charge is 0.389 e. The number of hydrogen-bond donors (Lipinski definition) is 1. The van der Waals surface area contributed by atoms with E-state index >= 15 is 0 Å². The zero-order valence-corrected chi connectivity index (χ0v) is 13.3. The summed E-state index contributed by atoms with van der Waals surface area (Å²) in [5, 5.41) is 8.74. The molecule has 0 spiro atoms. The van der Waals surface area contributed by atoms with Gasteiger partial charge in [0.25, 0.3) is 0 Å². The molecule has 19 heavy (non-hydrogen) atoms. The maximum atomic E-state index is 5.94. The molecule has 5 heteroatoms. The fourth-order valence-electron chi connectivity index (χ4n) is 2.38. The Balaban J connectivity index is 3.52. The first-order chi connectivity index (χ1) is 8.97. The van der Waals surface area contributed by atoms with Crippen LogP contribution >= 0.6 is 12.2 Å². The van der Waals surface area contributed by atoms with E-state index in [4.69, 9.17) is 18.0 Å². The Kier molecular flexibility index (Phi) is 5.66. The molecule has 0 aliphatic heterocycles. The predicted molar refractivity (Wildman–Crippen MR) is 84.8 cm³/mol. The average molecular weight is 280 g/mol. The molecule has 0 bridgehead atoms. The molecule has 0 fully saturated rings. The van der Waals surface area contributed by atoms with Crippen LogP contribution in [0.1, 0.15) is 51.4 Å². The molecule has 1 rings (SSSR count). The van der Waals surface area contributed by atoms with E-state index in [1.807, 2.05) is 0 Å². The van der Waals surface area contributed by atoms with Crippen molar-refractivity contribution in [1.29, 1.82) is 0 Å². The molecule has 1 heterocycles. The quantitative estimate of drug-likeness (QED) is 0.811. The molecule has 0 atom stereocenters. The van der Waals surface area contributed by atoms with Crippen LogP contribution in [0.2, 0.25) is 0 Å². The van der Waals surface area contributed by atoms with Crippen LogP contribution in [-0.2, 0) is 12.8 Å². The van der Waals surface area contributed by atoms with Gasteiger partial charge < -0.3 is 10.6 Å². The minimum absolute atomic E-state index is 0.338. The highest BCUT2D eigenvalue weighted by atomic mass is 32.1. The zero-order valence-electron chi connectivity index (χ0n) is 12.5. The van der Waals surface area contributed by atoms with Gasteiger partial charge in [0.05, 0.1) is 11.3 Å². The van der Waals surface area contributed by atoms with Crippen molar-refractivity contribution in [2.45, 2.75) is 53.5 Å². The zero-order chi connectivity index (χ0) is 14.6. The molecule has 4 nitrogen and oxygen atoms in total. The van der Waals surface area contributed by atoms with Crippen LogP contribution in [0.15, 0.2) is 0 Å². The Labute approximate surface area is 121 Å². The van der Waals surface area contributed by atoms with Gasteiger partial charge in [0.15, 0.2) is 5.82 Å². The average Bonchev–Trinajstić information content (AvgIpc) is 2.37. The number of anilines is 1. The third kappa shape index (κ3) is 3.21. The molecule has 2 N–H and O–H groups in total. The smallest absolute Gasteiger partial charge is 0.162 e. The Morgan fingerprint density at radius 1 is 1.21 bits per heavy atom. The Morgan fingerprint density at radius 3 is 2.21 bits per heavy atom. The van der Waals surface area contributed by atoms with E-state index in [0.29, 0.717) is 11.0 Å². The summed E-state index contributed by atoms with van der Waals surface area (Å²) in [6.45, 7) is 11.4. The number of rotatable bonds is 6. The lowest BCUT2D eigenvalue weighted by Crippen LogP contribution is -2.34. The van der Waals surface area contributed by atoms with Crippen LogP contribution in [-0.4, -0.2) is 27.8 Å². The van der Waals surface area contributed by atoms with Crippen molar-refractivity contribution in [1.82, 2.24) is 10.2 Å². The third-order valence-corrected chi connectivity index (χ3v) is 3.51. The first-order valence-corrected chi connectivity index (χ1v) is 7.33. The van der Waals surface area contributed by atoms with Crippen molar-refractivity contribution in [2.75, 3.05) is 11.4 Å². The van der Waals surface area contributed by atoms with E-state index in [1.165, 1.54) is 0 Å².